The Kier molecular flexibility index (Phi) is 5.33. The average molecular weight is 328 g/mol. The van der Waals surface area contributed by atoms with Gasteiger partial charge in [-0.25, -0.2) is 0 Å². The average Bonchev–Trinajstić information content (AvgIpc) is 2.97. The fourth-order valence-electron chi connectivity index (χ4n) is 3.26. The number of aryl methyl sites for hydroxylation is 3. The van der Waals surface area contributed by atoms with Crippen molar-refractivity contribution in [2.75, 3.05) is 32.7 Å². The number of nitrogens with zero attached hydrogens (tertiary/aromatic N) is 4. The molecule has 1 N–H and O–H groups in total. The zero-order valence-corrected chi connectivity index (χ0v) is 14.9. The van der Waals surface area contributed by atoms with Crippen LogP contribution in [0.25, 0.3) is 0 Å². The van der Waals surface area contributed by atoms with Crippen LogP contribution in [-0.2, 0) is 13.6 Å². The lowest BCUT2D eigenvalue weighted by atomic mass is 10.0. The number of aliphatic hydroxyl groups excluding tert-OH is 1. The summed E-state index contributed by atoms with van der Waals surface area (Å²) in [6.45, 7) is 9.95. The molecule has 1 atom stereocenters. The number of hydrogen-bond acceptors (Lipinski definition) is 4. The van der Waals surface area contributed by atoms with Crippen molar-refractivity contribution < 1.29 is 5.11 Å². The monoisotopic (exact) mass is 328 g/mol. The van der Waals surface area contributed by atoms with Gasteiger partial charge in [0.1, 0.15) is 0 Å². The van der Waals surface area contributed by atoms with Crippen LogP contribution in [0.1, 0.15) is 28.4 Å². The predicted octanol–water partition coefficient (Wildman–Crippen LogP) is 1.89. The van der Waals surface area contributed by atoms with E-state index in [2.05, 4.69) is 47.1 Å². The van der Waals surface area contributed by atoms with Gasteiger partial charge in [0, 0.05) is 58.1 Å². The summed E-state index contributed by atoms with van der Waals surface area (Å²) in [7, 11) is 1.95. The number of benzene rings is 1. The second-order valence-corrected chi connectivity index (χ2v) is 6.96. The van der Waals surface area contributed by atoms with Crippen LogP contribution in [0.4, 0.5) is 0 Å². The first-order chi connectivity index (χ1) is 11.5. The van der Waals surface area contributed by atoms with Crippen molar-refractivity contribution in [2.24, 2.45) is 7.05 Å². The Morgan fingerprint density at radius 1 is 1.08 bits per heavy atom. The summed E-state index contributed by atoms with van der Waals surface area (Å²) in [6, 6.07) is 6.25. The molecule has 0 amide bonds. The van der Waals surface area contributed by atoms with Crippen molar-refractivity contribution in [1.82, 2.24) is 19.6 Å². The molecule has 1 fully saturated rings. The third-order valence-corrected chi connectivity index (χ3v) is 4.98. The van der Waals surface area contributed by atoms with Crippen LogP contribution in [0.2, 0.25) is 0 Å². The lowest BCUT2D eigenvalue weighted by Gasteiger charge is -2.35. The lowest BCUT2D eigenvalue weighted by Crippen LogP contribution is -2.47. The third-order valence-electron chi connectivity index (χ3n) is 4.98. The molecule has 2 heterocycles. The summed E-state index contributed by atoms with van der Waals surface area (Å²) >= 11 is 0. The SMILES string of the molecule is Cc1ccc([C@@H](O)CN2CCN(Cc3cnn(C)c3)CC2)cc1C. The number of aromatic nitrogens is 2. The molecule has 5 nitrogen and oxygen atoms in total. The van der Waals surface area contributed by atoms with Crippen LogP contribution in [-0.4, -0.2) is 57.4 Å². The first kappa shape index (κ1) is 17.1. The zero-order chi connectivity index (χ0) is 17.1. The van der Waals surface area contributed by atoms with Gasteiger partial charge in [-0.3, -0.25) is 14.5 Å². The van der Waals surface area contributed by atoms with Crippen molar-refractivity contribution in [2.45, 2.75) is 26.5 Å². The van der Waals surface area contributed by atoms with Crippen LogP contribution in [0, 0.1) is 13.8 Å². The van der Waals surface area contributed by atoms with Crippen molar-refractivity contribution in [1.29, 1.82) is 0 Å². The first-order valence-corrected chi connectivity index (χ1v) is 8.69. The molecular weight excluding hydrogens is 300 g/mol. The van der Waals surface area contributed by atoms with Gasteiger partial charge in [-0.05, 0) is 30.5 Å². The number of piperazine rings is 1. The van der Waals surface area contributed by atoms with E-state index in [1.807, 2.05) is 24.0 Å². The van der Waals surface area contributed by atoms with E-state index >= 15 is 0 Å². The maximum Gasteiger partial charge on any atom is 0.0917 e. The topological polar surface area (TPSA) is 44.5 Å². The van der Waals surface area contributed by atoms with Gasteiger partial charge < -0.3 is 5.11 Å². The highest BCUT2D eigenvalue weighted by Crippen LogP contribution is 2.19. The quantitative estimate of drug-likeness (QED) is 0.910. The largest absolute Gasteiger partial charge is 0.387 e. The van der Waals surface area contributed by atoms with E-state index in [0.29, 0.717) is 6.54 Å². The van der Waals surface area contributed by atoms with Crippen molar-refractivity contribution in [3.63, 3.8) is 0 Å². The van der Waals surface area contributed by atoms with E-state index in [1.54, 1.807) is 0 Å². The first-order valence-electron chi connectivity index (χ1n) is 8.69. The second kappa shape index (κ2) is 7.47. The van der Waals surface area contributed by atoms with Gasteiger partial charge in [0.25, 0.3) is 0 Å². The molecule has 1 aromatic carbocycles. The maximum atomic E-state index is 10.5. The molecule has 24 heavy (non-hydrogen) atoms. The number of aliphatic hydroxyl groups is 1. The maximum absolute atomic E-state index is 10.5. The van der Waals surface area contributed by atoms with Crippen LogP contribution >= 0.6 is 0 Å². The Bertz CT molecular complexity index is 674. The second-order valence-electron chi connectivity index (χ2n) is 6.96. The molecule has 0 radical (unpaired) electrons. The van der Waals surface area contributed by atoms with Gasteiger partial charge in [0.2, 0.25) is 0 Å². The molecule has 0 saturated carbocycles. The molecule has 1 aliphatic heterocycles. The highest BCUT2D eigenvalue weighted by Gasteiger charge is 2.20. The van der Waals surface area contributed by atoms with Crippen LogP contribution < -0.4 is 0 Å². The van der Waals surface area contributed by atoms with Crippen LogP contribution in [0.3, 0.4) is 0 Å². The van der Waals surface area contributed by atoms with E-state index in [4.69, 9.17) is 0 Å². The Hall–Kier alpha value is -1.69. The van der Waals surface area contributed by atoms with Gasteiger partial charge in [0.15, 0.2) is 0 Å². The molecule has 0 spiro atoms. The summed E-state index contributed by atoms with van der Waals surface area (Å²) < 4.78 is 1.85. The lowest BCUT2D eigenvalue weighted by molar-refractivity contribution is 0.0701. The van der Waals surface area contributed by atoms with Gasteiger partial charge in [-0.1, -0.05) is 18.2 Å². The molecule has 130 valence electrons. The third kappa shape index (κ3) is 4.23. The number of β-amino-alcohol motifs (C(OH)–C–C–N with tert-alkyl or cyclic N) is 1. The summed E-state index contributed by atoms with van der Waals surface area (Å²) in [5.74, 6) is 0. The van der Waals surface area contributed by atoms with Crippen molar-refractivity contribution in [3.05, 3.63) is 52.8 Å². The molecule has 1 aromatic heterocycles. The highest BCUT2D eigenvalue weighted by molar-refractivity contribution is 5.31. The van der Waals surface area contributed by atoms with Gasteiger partial charge in [-0.2, -0.15) is 5.10 Å². The molecular formula is C19H28N4O. The molecule has 3 rings (SSSR count). The summed E-state index contributed by atoms with van der Waals surface area (Å²) in [5.41, 5.74) is 4.81. The van der Waals surface area contributed by atoms with E-state index < -0.39 is 6.10 Å². The minimum absolute atomic E-state index is 0.408. The normalized spacial score (nSPS) is 18.0. The van der Waals surface area contributed by atoms with Gasteiger partial charge in [-0.15, -0.1) is 0 Å². The minimum atomic E-state index is -0.408. The fraction of sp³-hybridized carbons (Fsp3) is 0.526. The highest BCUT2D eigenvalue weighted by atomic mass is 16.3. The predicted molar refractivity (Wildman–Crippen MR) is 95.8 cm³/mol. The standard InChI is InChI=1S/C19H28N4O/c1-15-4-5-18(10-16(15)2)19(24)14-23-8-6-22(7-9-23)13-17-11-20-21(3)12-17/h4-5,10-12,19,24H,6-9,13-14H2,1-3H3/t19-/m0/s1. The van der Waals surface area contributed by atoms with E-state index in [-0.39, 0.29) is 0 Å². The Morgan fingerprint density at radius 2 is 1.79 bits per heavy atom. The molecule has 0 bridgehead atoms. The Morgan fingerprint density at radius 3 is 2.42 bits per heavy atom. The molecule has 1 saturated heterocycles. The molecule has 2 aromatic rings. The van der Waals surface area contributed by atoms with Crippen LogP contribution in [0.5, 0.6) is 0 Å². The summed E-state index contributed by atoms with van der Waals surface area (Å²) in [6.07, 6.45) is 3.61. The van der Waals surface area contributed by atoms with Gasteiger partial charge in [0.05, 0.1) is 12.3 Å². The molecule has 0 aliphatic carbocycles. The van der Waals surface area contributed by atoms with Crippen LogP contribution in [0.15, 0.2) is 30.6 Å². The molecule has 1 aliphatic rings. The number of rotatable bonds is 5. The van der Waals surface area contributed by atoms with E-state index in [1.165, 1.54) is 16.7 Å². The van der Waals surface area contributed by atoms with Gasteiger partial charge >= 0.3 is 0 Å². The molecule has 0 unspecified atom stereocenters. The summed E-state index contributed by atoms with van der Waals surface area (Å²) in [5, 5.41) is 14.8. The number of hydrogen-bond donors (Lipinski definition) is 1. The van der Waals surface area contributed by atoms with Crippen molar-refractivity contribution >= 4 is 0 Å². The van der Waals surface area contributed by atoms with E-state index in [9.17, 15) is 5.11 Å². The minimum Gasteiger partial charge on any atom is -0.387 e. The van der Waals surface area contributed by atoms with E-state index in [0.717, 1.165) is 38.3 Å². The Balaban J connectivity index is 1.48. The Labute approximate surface area is 144 Å². The smallest absolute Gasteiger partial charge is 0.0917 e. The zero-order valence-electron chi connectivity index (χ0n) is 14.9. The fourth-order valence-corrected chi connectivity index (χ4v) is 3.26. The van der Waals surface area contributed by atoms with Crippen molar-refractivity contribution in [3.8, 4) is 0 Å². The summed E-state index contributed by atoms with van der Waals surface area (Å²) in [4.78, 5) is 4.82. The molecule has 5 heteroatoms.